The summed E-state index contributed by atoms with van der Waals surface area (Å²) in [5, 5.41) is 92.0. The van der Waals surface area contributed by atoms with Crippen molar-refractivity contribution in [3.8, 4) is 40.1 Å². The first kappa shape index (κ1) is 31.7. The number of hydrogen-bond donors (Lipinski definition) is 9. The van der Waals surface area contributed by atoms with Gasteiger partial charge in [0.1, 0.15) is 65.2 Å². The summed E-state index contributed by atoms with van der Waals surface area (Å²) in [6, 6.07) is 5.83. The van der Waals surface area contributed by atoms with Gasteiger partial charge in [0.25, 0.3) is 0 Å². The zero-order valence-electron chi connectivity index (χ0n) is 23.3. The minimum Gasteiger partial charge on any atom is -0.508 e. The number of methoxy groups -OCH3 is 1. The van der Waals surface area contributed by atoms with Crippen LogP contribution in [-0.4, -0.2) is 121 Å². The molecular formula is C28H32O16. The first-order valence-corrected chi connectivity index (χ1v) is 13.4. The maximum atomic E-state index is 13.7. The molecule has 0 spiro atoms. The van der Waals surface area contributed by atoms with Crippen molar-refractivity contribution < 1.29 is 74.1 Å². The van der Waals surface area contributed by atoms with Crippen LogP contribution in [0.2, 0.25) is 0 Å². The van der Waals surface area contributed by atoms with E-state index in [-0.39, 0.29) is 28.4 Å². The Balaban J connectivity index is 1.48. The van der Waals surface area contributed by atoms with Gasteiger partial charge in [-0.3, -0.25) is 4.79 Å². The fourth-order valence-electron chi connectivity index (χ4n) is 5.05. The molecule has 16 heteroatoms. The van der Waals surface area contributed by atoms with Crippen LogP contribution in [0.5, 0.6) is 28.7 Å². The van der Waals surface area contributed by atoms with E-state index in [4.69, 9.17) is 28.1 Å². The molecule has 1 aromatic heterocycles. The quantitative estimate of drug-likeness (QED) is 0.140. The van der Waals surface area contributed by atoms with Crippen molar-refractivity contribution in [3.63, 3.8) is 0 Å². The standard InChI is InChI=1S/C28H32O16/c1-9(29)24-21(36)23(38)27(43-24)40-8-16-18(33)20(35)22(37)28(42-16)44-26-19(34)17-13(32)6-11(30)7-15(17)41-25(26)10-3-4-12(31)14(5-10)39-2/h3-7,9,16,18,20-24,27-33,35-38H,8H2,1-2H3/t9-,16+,18+,20-,21-,22+,23+,24-,27-,28-/m0/s1. The molecule has 0 radical (unpaired) electrons. The Labute approximate surface area is 248 Å². The molecule has 3 aromatic rings. The molecule has 10 atom stereocenters. The van der Waals surface area contributed by atoms with Crippen LogP contribution in [0.15, 0.2) is 39.5 Å². The third-order valence-electron chi connectivity index (χ3n) is 7.42. The number of ether oxygens (including phenoxy) is 5. The van der Waals surface area contributed by atoms with Gasteiger partial charge in [0.2, 0.25) is 17.5 Å². The van der Waals surface area contributed by atoms with Crippen LogP contribution in [0.3, 0.4) is 0 Å². The first-order chi connectivity index (χ1) is 20.8. The lowest BCUT2D eigenvalue weighted by atomic mass is 9.99. The number of rotatable bonds is 8. The highest BCUT2D eigenvalue weighted by Gasteiger charge is 2.49. The normalized spacial score (nSPS) is 31.2. The van der Waals surface area contributed by atoms with Crippen LogP contribution in [0.1, 0.15) is 6.92 Å². The molecule has 2 aliphatic rings. The highest BCUT2D eigenvalue weighted by Crippen LogP contribution is 2.39. The predicted octanol–water partition coefficient (Wildman–Crippen LogP) is -1.38. The van der Waals surface area contributed by atoms with E-state index >= 15 is 0 Å². The lowest BCUT2D eigenvalue weighted by molar-refractivity contribution is -0.290. The Bertz CT molecular complexity index is 1550. The molecule has 0 bridgehead atoms. The van der Waals surface area contributed by atoms with Crippen LogP contribution in [-0.2, 0) is 14.2 Å². The second-order valence-electron chi connectivity index (χ2n) is 10.5. The van der Waals surface area contributed by atoms with Crippen LogP contribution in [0, 0.1) is 0 Å². The summed E-state index contributed by atoms with van der Waals surface area (Å²) in [7, 11) is 1.28. The van der Waals surface area contributed by atoms with E-state index in [0.29, 0.717) is 0 Å². The van der Waals surface area contributed by atoms with Crippen molar-refractivity contribution in [1.82, 2.24) is 0 Å². The smallest absolute Gasteiger partial charge is 0.239 e. The second kappa shape index (κ2) is 12.4. The Morgan fingerprint density at radius 1 is 0.864 bits per heavy atom. The Morgan fingerprint density at radius 2 is 1.57 bits per heavy atom. The molecule has 2 aliphatic heterocycles. The first-order valence-electron chi connectivity index (χ1n) is 13.4. The average molecular weight is 625 g/mol. The summed E-state index contributed by atoms with van der Waals surface area (Å²) >= 11 is 0. The third kappa shape index (κ3) is 5.74. The molecule has 0 aliphatic carbocycles. The Kier molecular flexibility index (Phi) is 8.90. The minimum absolute atomic E-state index is 0.0149. The van der Waals surface area contributed by atoms with Crippen molar-refractivity contribution in [2.45, 2.75) is 68.3 Å². The largest absolute Gasteiger partial charge is 0.508 e. The fourth-order valence-corrected chi connectivity index (χ4v) is 5.05. The molecule has 240 valence electrons. The molecule has 0 amide bonds. The molecule has 16 nitrogen and oxygen atoms in total. The molecule has 9 N–H and O–H groups in total. The summed E-state index contributed by atoms with van der Waals surface area (Å²) in [5.41, 5.74) is -1.11. The van der Waals surface area contributed by atoms with E-state index in [0.717, 1.165) is 12.1 Å². The second-order valence-corrected chi connectivity index (χ2v) is 10.5. The van der Waals surface area contributed by atoms with Gasteiger partial charge in [-0.1, -0.05) is 0 Å². The molecule has 5 rings (SSSR count). The Morgan fingerprint density at radius 3 is 2.23 bits per heavy atom. The van der Waals surface area contributed by atoms with Gasteiger partial charge in [-0.05, 0) is 25.1 Å². The molecular weight excluding hydrogens is 592 g/mol. The van der Waals surface area contributed by atoms with Gasteiger partial charge in [0, 0.05) is 17.7 Å². The van der Waals surface area contributed by atoms with E-state index in [1.807, 2.05) is 0 Å². The number of aliphatic hydroxyl groups is 6. The molecule has 0 unspecified atom stereocenters. The van der Waals surface area contributed by atoms with E-state index in [1.165, 1.54) is 32.2 Å². The number of fused-ring (bicyclic) bond motifs is 1. The van der Waals surface area contributed by atoms with Gasteiger partial charge >= 0.3 is 0 Å². The molecule has 2 aromatic carbocycles. The van der Waals surface area contributed by atoms with E-state index in [9.17, 15) is 50.8 Å². The van der Waals surface area contributed by atoms with E-state index < -0.39 is 96.1 Å². The molecule has 2 saturated heterocycles. The number of aromatic hydroxyl groups is 3. The lowest BCUT2D eigenvalue weighted by Gasteiger charge is -2.40. The maximum absolute atomic E-state index is 13.7. The molecule has 3 heterocycles. The SMILES string of the molecule is COc1cc(-c2oc3cc(O)cc(O)c3c(=O)c2O[C@@H]2O[C@H](CO[C@H]3O[C@@H]([C@H](C)O)[C@@H](O)[C@H]3O)[C@@H](O)[C@H](O)[C@H]2O)ccc1O. The molecule has 2 fully saturated rings. The minimum atomic E-state index is -1.94. The highest BCUT2D eigenvalue weighted by molar-refractivity contribution is 5.88. The summed E-state index contributed by atoms with van der Waals surface area (Å²) in [4.78, 5) is 13.7. The van der Waals surface area contributed by atoms with Crippen LogP contribution < -0.4 is 14.9 Å². The summed E-state index contributed by atoms with van der Waals surface area (Å²) in [6.45, 7) is 0.755. The number of hydrogen-bond acceptors (Lipinski definition) is 16. The summed E-state index contributed by atoms with van der Waals surface area (Å²) in [6.07, 6.45) is -15.7. The van der Waals surface area contributed by atoms with Crippen molar-refractivity contribution in [2.75, 3.05) is 13.7 Å². The van der Waals surface area contributed by atoms with Crippen molar-refractivity contribution in [1.29, 1.82) is 0 Å². The van der Waals surface area contributed by atoms with Gasteiger partial charge in [0.15, 0.2) is 23.5 Å². The Hall–Kier alpha value is -3.71. The van der Waals surface area contributed by atoms with Crippen LogP contribution >= 0.6 is 0 Å². The van der Waals surface area contributed by atoms with Gasteiger partial charge in [0.05, 0.1) is 19.8 Å². The topological polar surface area (TPSA) is 258 Å². The zero-order chi connectivity index (χ0) is 32.0. The average Bonchev–Trinajstić information content (AvgIpc) is 3.26. The number of aliphatic hydroxyl groups excluding tert-OH is 6. The highest BCUT2D eigenvalue weighted by atomic mass is 16.7. The summed E-state index contributed by atoms with van der Waals surface area (Å²) < 4.78 is 33.1. The predicted molar refractivity (Wildman–Crippen MR) is 145 cm³/mol. The number of phenols is 3. The maximum Gasteiger partial charge on any atom is 0.239 e. The number of phenolic OH excluding ortho intramolecular Hbond substituents is 3. The van der Waals surface area contributed by atoms with Crippen LogP contribution in [0.25, 0.3) is 22.3 Å². The van der Waals surface area contributed by atoms with Crippen molar-refractivity contribution in [2.24, 2.45) is 0 Å². The van der Waals surface area contributed by atoms with E-state index in [1.54, 1.807) is 0 Å². The van der Waals surface area contributed by atoms with Crippen molar-refractivity contribution in [3.05, 3.63) is 40.6 Å². The van der Waals surface area contributed by atoms with Gasteiger partial charge < -0.3 is 74.1 Å². The number of benzene rings is 2. The third-order valence-corrected chi connectivity index (χ3v) is 7.42. The molecule has 44 heavy (non-hydrogen) atoms. The van der Waals surface area contributed by atoms with Crippen molar-refractivity contribution >= 4 is 11.0 Å². The van der Waals surface area contributed by atoms with Crippen LogP contribution in [0.4, 0.5) is 0 Å². The lowest BCUT2D eigenvalue weighted by Crippen LogP contribution is -2.60. The molecule has 0 saturated carbocycles. The fraction of sp³-hybridized carbons (Fsp3) is 0.464. The zero-order valence-corrected chi connectivity index (χ0v) is 23.3. The summed E-state index contributed by atoms with van der Waals surface area (Å²) in [5.74, 6) is -2.28. The van der Waals surface area contributed by atoms with Gasteiger partial charge in [-0.25, -0.2) is 0 Å². The monoisotopic (exact) mass is 624 g/mol. The van der Waals surface area contributed by atoms with Gasteiger partial charge in [-0.15, -0.1) is 0 Å². The van der Waals surface area contributed by atoms with E-state index in [2.05, 4.69) is 0 Å². The van der Waals surface area contributed by atoms with Gasteiger partial charge in [-0.2, -0.15) is 0 Å².